The predicted octanol–water partition coefficient (Wildman–Crippen LogP) is 4.69. The first-order valence-corrected chi connectivity index (χ1v) is 9.88. The van der Waals surface area contributed by atoms with Gasteiger partial charge in [-0.15, -0.1) is 0 Å². The maximum absolute atomic E-state index is 13.1. The first-order chi connectivity index (χ1) is 12.3. The lowest BCUT2D eigenvalue weighted by atomic mass is 10.2. The number of aromatic hydroxyl groups is 1. The van der Waals surface area contributed by atoms with Gasteiger partial charge in [0.05, 0.1) is 22.0 Å². The molecule has 0 saturated carbocycles. The van der Waals surface area contributed by atoms with Crippen LogP contribution in [0.1, 0.15) is 46.4 Å². The monoisotopic (exact) mass is 399 g/mol. The SMILES string of the molecule is CCCN(CCC)Cc1nc2c(O)c(Cl)cc(Cl)c2c(=O)n1CC(C)C. The van der Waals surface area contributed by atoms with Gasteiger partial charge in [-0.25, -0.2) is 4.98 Å². The van der Waals surface area contributed by atoms with Crippen LogP contribution in [0.2, 0.25) is 10.0 Å². The number of phenols is 1. The molecule has 0 amide bonds. The van der Waals surface area contributed by atoms with E-state index in [0.717, 1.165) is 25.9 Å². The van der Waals surface area contributed by atoms with Gasteiger partial charge in [0, 0.05) is 6.54 Å². The van der Waals surface area contributed by atoms with Gasteiger partial charge in [-0.05, 0) is 37.9 Å². The van der Waals surface area contributed by atoms with Gasteiger partial charge in [-0.1, -0.05) is 50.9 Å². The van der Waals surface area contributed by atoms with E-state index in [1.54, 1.807) is 4.57 Å². The van der Waals surface area contributed by atoms with Crippen LogP contribution in [-0.2, 0) is 13.1 Å². The molecule has 144 valence electrons. The molecule has 1 N–H and O–H groups in total. The molecule has 5 nitrogen and oxygen atoms in total. The normalized spacial score (nSPS) is 11.8. The van der Waals surface area contributed by atoms with Crippen molar-refractivity contribution in [2.75, 3.05) is 13.1 Å². The van der Waals surface area contributed by atoms with Crippen LogP contribution < -0.4 is 5.56 Å². The highest BCUT2D eigenvalue weighted by molar-refractivity contribution is 6.39. The average molecular weight is 400 g/mol. The Balaban J connectivity index is 2.69. The summed E-state index contributed by atoms with van der Waals surface area (Å²) in [6.07, 6.45) is 2.04. The Morgan fingerprint density at radius 1 is 1.19 bits per heavy atom. The molecule has 0 bridgehead atoms. The summed E-state index contributed by atoms with van der Waals surface area (Å²) in [5.41, 5.74) is -0.0564. The number of hydrogen-bond acceptors (Lipinski definition) is 4. The van der Waals surface area contributed by atoms with Gasteiger partial charge < -0.3 is 5.11 Å². The highest BCUT2D eigenvalue weighted by atomic mass is 35.5. The smallest absolute Gasteiger partial charge is 0.263 e. The summed E-state index contributed by atoms with van der Waals surface area (Å²) in [7, 11) is 0. The van der Waals surface area contributed by atoms with E-state index < -0.39 is 0 Å². The Morgan fingerprint density at radius 3 is 2.35 bits per heavy atom. The number of benzene rings is 1. The number of aromatic nitrogens is 2. The molecular weight excluding hydrogens is 373 g/mol. The first-order valence-electron chi connectivity index (χ1n) is 9.12. The molecule has 0 fully saturated rings. The van der Waals surface area contributed by atoms with Crippen LogP contribution in [0.15, 0.2) is 10.9 Å². The molecule has 0 atom stereocenters. The predicted molar refractivity (Wildman–Crippen MR) is 108 cm³/mol. The molecule has 7 heteroatoms. The number of nitrogens with zero attached hydrogens (tertiary/aromatic N) is 3. The van der Waals surface area contributed by atoms with E-state index in [-0.39, 0.29) is 38.2 Å². The zero-order chi connectivity index (χ0) is 19.4. The average Bonchev–Trinajstić information content (AvgIpc) is 2.55. The molecule has 0 aliphatic rings. The van der Waals surface area contributed by atoms with E-state index in [0.29, 0.717) is 18.9 Å². The number of fused-ring (bicyclic) bond motifs is 1. The van der Waals surface area contributed by atoms with Crippen molar-refractivity contribution in [3.8, 4) is 5.75 Å². The van der Waals surface area contributed by atoms with Crippen LogP contribution in [0.4, 0.5) is 0 Å². The van der Waals surface area contributed by atoms with Gasteiger partial charge in [0.2, 0.25) is 0 Å². The largest absolute Gasteiger partial charge is 0.504 e. The minimum Gasteiger partial charge on any atom is -0.504 e. The summed E-state index contributed by atoms with van der Waals surface area (Å²) < 4.78 is 1.69. The molecule has 1 aromatic carbocycles. The van der Waals surface area contributed by atoms with Crippen molar-refractivity contribution < 1.29 is 5.11 Å². The van der Waals surface area contributed by atoms with Crippen molar-refractivity contribution in [2.45, 2.75) is 53.6 Å². The third-order valence-electron chi connectivity index (χ3n) is 4.18. The van der Waals surface area contributed by atoms with Gasteiger partial charge >= 0.3 is 0 Å². The summed E-state index contributed by atoms with van der Waals surface area (Å²) in [6.45, 7) is 11.3. The van der Waals surface area contributed by atoms with Gasteiger partial charge in [0.1, 0.15) is 11.3 Å². The summed E-state index contributed by atoms with van der Waals surface area (Å²) in [6, 6.07) is 1.39. The van der Waals surface area contributed by atoms with Crippen LogP contribution >= 0.6 is 23.2 Å². The highest BCUT2D eigenvalue weighted by Crippen LogP contribution is 2.34. The fourth-order valence-corrected chi connectivity index (χ4v) is 3.66. The molecule has 1 aromatic heterocycles. The van der Waals surface area contributed by atoms with Crippen LogP contribution in [0.3, 0.4) is 0 Å². The maximum atomic E-state index is 13.1. The van der Waals surface area contributed by atoms with Crippen LogP contribution in [0.25, 0.3) is 10.9 Å². The molecule has 0 spiro atoms. The van der Waals surface area contributed by atoms with Crippen molar-refractivity contribution in [3.63, 3.8) is 0 Å². The zero-order valence-electron chi connectivity index (χ0n) is 15.9. The van der Waals surface area contributed by atoms with Gasteiger partial charge in [-0.3, -0.25) is 14.3 Å². The molecule has 0 saturated heterocycles. The Kier molecular flexibility index (Phi) is 7.33. The first kappa shape index (κ1) is 21.0. The molecule has 2 aromatic rings. The van der Waals surface area contributed by atoms with Crippen molar-refractivity contribution in [3.05, 3.63) is 32.3 Å². The minimum absolute atomic E-state index is 0.0981. The van der Waals surface area contributed by atoms with Crippen molar-refractivity contribution >= 4 is 34.1 Å². The topological polar surface area (TPSA) is 58.4 Å². The lowest BCUT2D eigenvalue weighted by molar-refractivity contribution is 0.253. The second kappa shape index (κ2) is 9.07. The van der Waals surface area contributed by atoms with Gasteiger partial charge in [-0.2, -0.15) is 0 Å². The molecule has 2 rings (SSSR count). The quantitative estimate of drug-likeness (QED) is 0.699. The fourth-order valence-electron chi connectivity index (χ4n) is 3.13. The van der Waals surface area contributed by atoms with E-state index in [9.17, 15) is 9.90 Å². The van der Waals surface area contributed by atoms with Crippen LogP contribution in [-0.4, -0.2) is 32.6 Å². The number of halogens is 2. The van der Waals surface area contributed by atoms with E-state index in [4.69, 9.17) is 23.2 Å². The van der Waals surface area contributed by atoms with Gasteiger partial charge in [0.15, 0.2) is 5.75 Å². The lowest BCUT2D eigenvalue weighted by Gasteiger charge is -2.23. The molecule has 0 aliphatic carbocycles. The summed E-state index contributed by atoms with van der Waals surface area (Å²) in [4.78, 5) is 20.0. The minimum atomic E-state index is -0.233. The zero-order valence-corrected chi connectivity index (χ0v) is 17.4. The number of phenolic OH excluding ortho intramolecular Hbond substituents is 1. The van der Waals surface area contributed by atoms with Crippen LogP contribution in [0.5, 0.6) is 5.75 Å². The second-order valence-electron chi connectivity index (χ2n) is 7.03. The molecular formula is C19H27Cl2N3O2. The molecule has 0 radical (unpaired) electrons. The summed E-state index contributed by atoms with van der Waals surface area (Å²) in [5.74, 6) is 0.710. The maximum Gasteiger partial charge on any atom is 0.263 e. The molecule has 0 unspecified atom stereocenters. The standard InChI is InChI=1S/C19H27Cl2N3O2/c1-5-7-23(8-6-2)11-15-22-17-16(13(20)9-14(21)18(17)25)19(26)24(15)10-12(3)4/h9,12,25H,5-8,10-11H2,1-4H3. The van der Waals surface area contributed by atoms with Crippen molar-refractivity contribution in [2.24, 2.45) is 5.92 Å². The fraction of sp³-hybridized carbons (Fsp3) is 0.579. The Bertz CT molecular complexity index is 828. The highest BCUT2D eigenvalue weighted by Gasteiger charge is 2.20. The van der Waals surface area contributed by atoms with E-state index in [1.807, 2.05) is 0 Å². The third-order valence-corrected chi connectivity index (χ3v) is 4.77. The third kappa shape index (κ3) is 4.51. The van der Waals surface area contributed by atoms with E-state index in [2.05, 4.69) is 37.6 Å². The molecule has 0 aliphatic heterocycles. The van der Waals surface area contributed by atoms with Crippen LogP contribution in [0, 0.1) is 5.92 Å². The summed E-state index contributed by atoms with van der Waals surface area (Å²) in [5, 5.41) is 10.9. The number of hydrogen-bond donors (Lipinski definition) is 1. The second-order valence-corrected chi connectivity index (χ2v) is 7.84. The van der Waals surface area contributed by atoms with E-state index >= 15 is 0 Å². The molecule has 1 heterocycles. The number of rotatable bonds is 8. The van der Waals surface area contributed by atoms with E-state index in [1.165, 1.54) is 6.07 Å². The van der Waals surface area contributed by atoms with Crippen molar-refractivity contribution in [1.82, 2.24) is 14.5 Å². The van der Waals surface area contributed by atoms with Crippen molar-refractivity contribution in [1.29, 1.82) is 0 Å². The Labute approximate surface area is 164 Å². The lowest BCUT2D eigenvalue weighted by Crippen LogP contribution is -2.33. The molecule has 26 heavy (non-hydrogen) atoms. The Hall–Kier alpha value is -1.30. The van der Waals surface area contributed by atoms with Gasteiger partial charge in [0.25, 0.3) is 5.56 Å². The Morgan fingerprint density at radius 2 is 1.81 bits per heavy atom. The summed E-state index contributed by atoms with van der Waals surface area (Å²) >= 11 is 12.3.